The van der Waals surface area contributed by atoms with Crippen molar-refractivity contribution in [1.29, 1.82) is 0 Å². The van der Waals surface area contributed by atoms with Crippen molar-refractivity contribution in [3.63, 3.8) is 0 Å². The van der Waals surface area contributed by atoms with Gasteiger partial charge in [-0.15, -0.1) is 0 Å². The summed E-state index contributed by atoms with van der Waals surface area (Å²) < 4.78 is 11.5. The smallest absolute Gasteiger partial charge is 0.180 e. The van der Waals surface area contributed by atoms with Crippen molar-refractivity contribution in [3.05, 3.63) is 58.1 Å². The number of halogens is 1. The molecule has 0 spiro atoms. The molecule has 2 aromatic rings. The molecular formula is C17H20ClNO2. The maximum Gasteiger partial charge on any atom is 0.180 e. The highest BCUT2D eigenvalue weighted by molar-refractivity contribution is 6.32. The van der Waals surface area contributed by atoms with E-state index < -0.39 is 0 Å². The summed E-state index contributed by atoms with van der Waals surface area (Å²) in [4.78, 5) is 0. The van der Waals surface area contributed by atoms with Crippen LogP contribution in [0.4, 0.5) is 0 Å². The Bertz CT molecular complexity index is 596. The van der Waals surface area contributed by atoms with E-state index in [4.69, 9.17) is 26.8 Å². The van der Waals surface area contributed by atoms with Gasteiger partial charge in [0.2, 0.25) is 0 Å². The van der Waals surface area contributed by atoms with Crippen LogP contribution >= 0.6 is 11.6 Å². The topological polar surface area (TPSA) is 44.5 Å². The third kappa shape index (κ3) is 4.13. The third-order valence-corrected chi connectivity index (χ3v) is 3.39. The summed E-state index contributed by atoms with van der Waals surface area (Å²) in [7, 11) is 0. The Morgan fingerprint density at radius 2 is 1.76 bits per heavy atom. The number of ether oxygens (including phenoxy) is 2. The summed E-state index contributed by atoms with van der Waals surface area (Å²) in [5, 5.41) is 0.522. The van der Waals surface area contributed by atoms with E-state index in [0.29, 0.717) is 36.3 Å². The van der Waals surface area contributed by atoms with Crippen LogP contribution in [0.1, 0.15) is 23.6 Å². The minimum absolute atomic E-state index is 0.415. The molecule has 0 fully saturated rings. The van der Waals surface area contributed by atoms with Gasteiger partial charge in [0.05, 0.1) is 11.6 Å². The second-order valence-electron chi connectivity index (χ2n) is 4.82. The van der Waals surface area contributed by atoms with E-state index in [1.807, 2.05) is 31.2 Å². The molecule has 2 N–H and O–H groups in total. The Hall–Kier alpha value is -1.71. The standard InChI is InChI=1S/C17H20ClNO2/c1-3-20-16-9-14(10-19)8-15(18)17(16)21-11-13-6-4-12(2)5-7-13/h4-9H,3,10-11,19H2,1-2H3. The van der Waals surface area contributed by atoms with E-state index in [1.54, 1.807) is 0 Å². The van der Waals surface area contributed by atoms with Crippen LogP contribution in [0.2, 0.25) is 5.02 Å². The molecule has 2 aromatic carbocycles. The van der Waals surface area contributed by atoms with E-state index >= 15 is 0 Å². The highest BCUT2D eigenvalue weighted by atomic mass is 35.5. The molecule has 0 amide bonds. The van der Waals surface area contributed by atoms with Gasteiger partial charge in [-0.05, 0) is 37.1 Å². The van der Waals surface area contributed by atoms with Crippen LogP contribution in [-0.2, 0) is 13.2 Å². The molecule has 0 aromatic heterocycles. The highest BCUT2D eigenvalue weighted by Gasteiger charge is 2.12. The molecule has 21 heavy (non-hydrogen) atoms. The monoisotopic (exact) mass is 305 g/mol. The SMILES string of the molecule is CCOc1cc(CN)cc(Cl)c1OCc1ccc(C)cc1. The van der Waals surface area contributed by atoms with Crippen molar-refractivity contribution in [3.8, 4) is 11.5 Å². The zero-order valence-corrected chi connectivity index (χ0v) is 13.1. The van der Waals surface area contributed by atoms with Crippen LogP contribution in [0, 0.1) is 6.92 Å². The second kappa shape index (κ2) is 7.34. The molecule has 0 bridgehead atoms. The molecule has 0 aliphatic heterocycles. The lowest BCUT2D eigenvalue weighted by atomic mass is 10.1. The average Bonchev–Trinajstić information content (AvgIpc) is 2.48. The summed E-state index contributed by atoms with van der Waals surface area (Å²) in [6.45, 7) is 5.39. The molecule has 0 saturated heterocycles. The fourth-order valence-electron chi connectivity index (χ4n) is 1.98. The molecule has 0 radical (unpaired) electrons. The normalized spacial score (nSPS) is 10.5. The van der Waals surface area contributed by atoms with Gasteiger partial charge >= 0.3 is 0 Å². The third-order valence-electron chi connectivity index (χ3n) is 3.11. The van der Waals surface area contributed by atoms with Gasteiger partial charge in [0.25, 0.3) is 0 Å². The molecule has 0 aliphatic rings. The fraction of sp³-hybridized carbons (Fsp3) is 0.294. The number of nitrogens with two attached hydrogens (primary N) is 1. The number of hydrogen-bond donors (Lipinski definition) is 1. The van der Waals surface area contributed by atoms with Gasteiger partial charge in [-0.1, -0.05) is 41.4 Å². The van der Waals surface area contributed by atoms with E-state index in [-0.39, 0.29) is 0 Å². The Labute approximate surface area is 130 Å². The maximum atomic E-state index is 6.28. The lowest BCUT2D eigenvalue weighted by Gasteiger charge is -2.15. The first-order valence-electron chi connectivity index (χ1n) is 6.97. The first kappa shape index (κ1) is 15.7. The van der Waals surface area contributed by atoms with Crippen LogP contribution in [0.3, 0.4) is 0 Å². The summed E-state index contributed by atoms with van der Waals surface area (Å²) in [6, 6.07) is 11.9. The van der Waals surface area contributed by atoms with Crippen LogP contribution < -0.4 is 15.2 Å². The molecule has 0 saturated carbocycles. The van der Waals surface area contributed by atoms with Crippen LogP contribution in [0.5, 0.6) is 11.5 Å². The predicted octanol–water partition coefficient (Wildman–Crippen LogP) is 4.08. The summed E-state index contributed by atoms with van der Waals surface area (Å²) in [5.41, 5.74) is 8.89. The fourth-order valence-corrected chi connectivity index (χ4v) is 2.27. The molecule has 3 nitrogen and oxygen atoms in total. The molecule has 0 aliphatic carbocycles. The van der Waals surface area contributed by atoms with Gasteiger partial charge in [-0.3, -0.25) is 0 Å². The summed E-state index contributed by atoms with van der Waals surface area (Å²) in [6.07, 6.45) is 0. The lowest BCUT2D eigenvalue weighted by molar-refractivity contribution is 0.269. The molecule has 0 heterocycles. The molecule has 2 rings (SSSR count). The van der Waals surface area contributed by atoms with Crippen molar-refractivity contribution in [2.75, 3.05) is 6.61 Å². The maximum absolute atomic E-state index is 6.28. The van der Waals surface area contributed by atoms with Crippen molar-refractivity contribution in [1.82, 2.24) is 0 Å². The van der Waals surface area contributed by atoms with Crippen LogP contribution in [0.25, 0.3) is 0 Å². The first-order valence-corrected chi connectivity index (χ1v) is 7.35. The van der Waals surface area contributed by atoms with E-state index in [9.17, 15) is 0 Å². The lowest BCUT2D eigenvalue weighted by Crippen LogP contribution is -2.03. The van der Waals surface area contributed by atoms with Gasteiger partial charge in [0.1, 0.15) is 6.61 Å². The molecule has 112 valence electrons. The van der Waals surface area contributed by atoms with Crippen molar-refractivity contribution >= 4 is 11.6 Å². The average molecular weight is 306 g/mol. The Kier molecular flexibility index (Phi) is 5.48. The quantitative estimate of drug-likeness (QED) is 0.874. The van der Waals surface area contributed by atoms with Crippen LogP contribution in [0.15, 0.2) is 36.4 Å². The Morgan fingerprint density at radius 1 is 1.05 bits per heavy atom. The Morgan fingerprint density at radius 3 is 2.38 bits per heavy atom. The van der Waals surface area contributed by atoms with Crippen molar-refractivity contribution in [2.45, 2.75) is 27.0 Å². The molecule has 4 heteroatoms. The Balaban J connectivity index is 2.19. The zero-order valence-electron chi connectivity index (χ0n) is 12.4. The molecule has 0 unspecified atom stereocenters. The van der Waals surface area contributed by atoms with Gasteiger partial charge in [-0.2, -0.15) is 0 Å². The number of benzene rings is 2. The van der Waals surface area contributed by atoms with Crippen molar-refractivity contribution in [2.24, 2.45) is 5.73 Å². The summed E-state index contributed by atoms with van der Waals surface area (Å²) >= 11 is 6.28. The highest BCUT2D eigenvalue weighted by Crippen LogP contribution is 2.37. The van der Waals surface area contributed by atoms with Gasteiger partial charge < -0.3 is 15.2 Å². The number of hydrogen-bond acceptors (Lipinski definition) is 3. The largest absolute Gasteiger partial charge is 0.490 e. The number of rotatable bonds is 6. The second-order valence-corrected chi connectivity index (χ2v) is 5.22. The predicted molar refractivity (Wildman–Crippen MR) is 86.0 cm³/mol. The van der Waals surface area contributed by atoms with Crippen LogP contribution in [-0.4, -0.2) is 6.61 Å². The van der Waals surface area contributed by atoms with E-state index in [2.05, 4.69) is 19.1 Å². The molecule has 0 atom stereocenters. The van der Waals surface area contributed by atoms with Gasteiger partial charge in [0, 0.05) is 6.54 Å². The van der Waals surface area contributed by atoms with Crippen molar-refractivity contribution < 1.29 is 9.47 Å². The number of aryl methyl sites for hydroxylation is 1. The minimum Gasteiger partial charge on any atom is -0.490 e. The summed E-state index contributed by atoms with van der Waals surface area (Å²) in [5.74, 6) is 1.20. The van der Waals surface area contributed by atoms with E-state index in [1.165, 1.54) is 5.56 Å². The first-order chi connectivity index (χ1) is 10.1. The van der Waals surface area contributed by atoms with E-state index in [0.717, 1.165) is 11.1 Å². The van der Waals surface area contributed by atoms with Gasteiger partial charge in [-0.25, -0.2) is 0 Å². The zero-order chi connectivity index (χ0) is 15.2. The van der Waals surface area contributed by atoms with Gasteiger partial charge in [0.15, 0.2) is 11.5 Å². The minimum atomic E-state index is 0.415. The molecular weight excluding hydrogens is 286 g/mol.